The second kappa shape index (κ2) is 7.66. The minimum atomic E-state index is -0.563. The van der Waals surface area contributed by atoms with Crippen LogP contribution in [0.15, 0.2) is 29.4 Å². The van der Waals surface area contributed by atoms with Gasteiger partial charge in [-0.1, -0.05) is 23.2 Å². The van der Waals surface area contributed by atoms with Crippen molar-refractivity contribution in [3.63, 3.8) is 0 Å². The zero-order valence-corrected chi connectivity index (χ0v) is 14.0. The first-order valence-electron chi connectivity index (χ1n) is 8.41. The summed E-state index contributed by atoms with van der Waals surface area (Å²) < 4.78 is 18.8. The molecule has 0 saturated carbocycles. The smallest absolute Gasteiger partial charge is 0.227 e. The SMILES string of the molecule is C#CCNC(=O)C1(C[C@H]2CC(c3cccc(F)c3)=NO2)CCOCC1. The molecule has 0 aromatic heterocycles. The van der Waals surface area contributed by atoms with E-state index in [9.17, 15) is 9.18 Å². The lowest BCUT2D eigenvalue weighted by Gasteiger charge is -2.36. The maximum Gasteiger partial charge on any atom is 0.227 e. The molecule has 0 spiro atoms. The van der Waals surface area contributed by atoms with E-state index in [1.54, 1.807) is 12.1 Å². The Balaban J connectivity index is 1.67. The molecule has 25 heavy (non-hydrogen) atoms. The fraction of sp³-hybridized carbons (Fsp3) is 0.474. The summed E-state index contributed by atoms with van der Waals surface area (Å²) in [5.41, 5.74) is 0.850. The molecule has 2 aliphatic heterocycles. The standard InChI is InChI=1S/C19H21FN2O3/c1-2-8-21-18(23)19(6-9-24-10-7-19)13-16-12-17(22-25-16)14-4-3-5-15(20)11-14/h1,3-5,11,16H,6-10,12-13H2,(H,21,23)/t16-/m1/s1. The molecule has 1 aromatic rings. The zero-order chi connectivity index (χ0) is 17.7. The van der Waals surface area contributed by atoms with Gasteiger partial charge >= 0.3 is 0 Å². The summed E-state index contributed by atoms with van der Waals surface area (Å²) in [5, 5.41) is 6.90. The van der Waals surface area contributed by atoms with Gasteiger partial charge in [0.15, 0.2) is 0 Å². The van der Waals surface area contributed by atoms with Crippen molar-refractivity contribution in [2.24, 2.45) is 10.6 Å². The van der Waals surface area contributed by atoms with Crippen molar-refractivity contribution in [1.29, 1.82) is 0 Å². The topological polar surface area (TPSA) is 59.9 Å². The summed E-state index contributed by atoms with van der Waals surface area (Å²) in [7, 11) is 0. The average Bonchev–Trinajstić information content (AvgIpc) is 3.08. The number of oxime groups is 1. The Morgan fingerprint density at radius 3 is 2.96 bits per heavy atom. The number of hydrogen-bond donors (Lipinski definition) is 1. The highest BCUT2D eigenvalue weighted by atomic mass is 19.1. The van der Waals surface area contributed by atoms with E-state index in [0.717, 1.165) is 0 Å². The lowest BCUT2D eigenvalue weighted by atomic mass is 9.74. The fourth-order valence-corrected chi connectivity index (χ4v) is 3.42. The fourth-order valence-electron chi connectivity index (χ4n) is 3.42. The quantitative estimate of drug-likeness (QED) is 0.834. The van der Waals surface area contributed by atoms with Crippen LogP contribution in [-0.4, -0.2) is 37.5 Å². The second-order valence-electron chi connectivity index (χ2n) is 6.46. The normalized spacial score (nSPS) is 21.8. The molecule has 1 atom stereocenters. The molecule has 6 heteroatoms. The monoisotopic (exact) mass is 344 g/mol. The predicted octanol–water partition coefficient (Wildman–Crippen LogP) is 2.25. The summed E-state index contributed by atoms with van der Waals surface area (Å²) >= 11 is 0. The van der Waals surface area contributed by atoms with Crippen LogP contribution in [0.4, 0.5) is 4.39 Å². The number of carbonyl (C=O) groups excluding carboxylic acids is 1. The number of benzene rings is 1. The number of terminal acetylenes is 1. The zero-order valence-electron chi connectivity index (χ0n) is 14.0. The molecule has 1 fully saturated rings. The Hall–Kier alpha value is -2.39. The number of ether oxygens (including phenoxy) is 1. The molecule has 0 radical (unpaired) electrons. The highest BCUT2D eigenvalue weighted by Gasteiger charge is 2.43. The van der Waals surface area contributed by atoms with Crippen molar-refractivity contribution in [2.75, 3.05) is 19.8 Å². The molecule has 1 amide bonds. The van der Waals surface area contributed by atoms with Crippen molar-refractivity contribution >= 4 is 11.6 Å². The van der Waals surface area contributed by atoms with E-state index in [1.165, 1.54) is 12.1 Å². The van der Waals surface area contributed by atoms with Crippen LogP contribution in [0.2, 0.25) is 0 Å². The van der Waals surface area contributed by atoms with Crippen LogP contribution in [-0.2, 0) is 14.4 Å². The van der Waals surface area contributed by atoms with Gasteiger partial charge in [-0.3, -0.25) is 4.79 Å². The maximum atomic E-state index is 13.4. The van der Waals surface area contributed by atoms with E-state index in [4.69, 9.17) is 16.0 Å². The molecular weight excluding hydrogens is 323 g/mol. The molecule has 1 aromatic carbocycles. The largest absolute Gasteiger partial charge is 0.392 e. The third kappa shape index (κ3) is 3.99. The van der Waals surface area contributed by atoms with Crippen LogP contribution in [0.5, 0.6) is 0 Å². The van der Waals surface area contributed by atoms with Gasteiger partial charge in [0, 0.05) is 31.6 Å². The predicted molar refractivity (Wildman–Crippen MR) is 91.4 cm³/mol. The van der Waals surface area contributed by atoms with Gasteiger partial charge in [0.2, 0.25) is 5.91 Å². The molecule has 3 rings (SSSR count). The molecule has 1 saturated heterocycles. The first kappa shape index (κ1) is 17.4. The highest BCUT2D eigenvalue weighted by molar-refractivity contribution is 6.01. The minimum Gasteiger partial charge on any atom is -0.392 e. The maximum absolute atomic E-state index is 13.4. The van der Waals surface area contributed by atoms with Crippen LogP contribution in [0.3, 0.4) is 0 Å². The number of nitrogens with one attached hydrogen (secondary N) is 1. The molecule has 1 N–H and O–H groups in total. The molecular formula is C19H21FN2O3. The van der Waals surface area contributed by atoms with Gasteiger partial charge in [-0.2, -0.15) is 0 Å². The van der Waals surface area contributed by atoms with E-state index in [0.29, 0.717) is 50.2 Å². The van der Waals surface area contributed by atoms with E-state index in [-0.39, 0.29) is 24.4 Å². The molecule has 2 heterocycles. The number of halogens is 1. The number of rotatable bonds is 5. The molecule has 132 valence electrons. The average molecular weight is 344 g/mol. The van der Waals surface area contributed by atoms with Crippen LogP contribution < -0.4 is 5.32 Å². The van der Waals surface area contributed by atoms with Gasteiger partial charge in [-0.15, -0.1) is 6.42 Å². The van der Waals surface area contributed by atoms with Crippen molar-refractivity contribution in [1.82, 2.24) is 5.32 Å². The number of hydrogen-bond acceptors (Lipinski definition) is 4. The third-order valence-electron chi connectivity index (χ3n) is 4.79. The second-order valence-corrected chi connectivity index (χ2v) is 6.46. The molecule has 2 aliphatic rings. The number of amides is 1. The van der Waals surface area contributed by atoms with Crippen LogP contribution >= 0.6 is 0 Å². The molecule has 0 bridgehead atoms. The van der Waals surface area contributed by atoms with Crippen molar-refractivity contribution in [2.45, 2.75) is 31.8 Å². The van der Waals surface area contributed by atoms with Crippen molar-refractivity contribution in [3.05, 3.63) is 35.6 Å². The highest BCUT2D eigenvalue weighted by Crippen LogP contribution is 2.38. The Morgan fingerprint density at radius 1 is 1.44 bits per heavy atom. The van der Waals surface area contributed by atoms with Crippen LogP contribution in [0.25, 0.3) is 0 Å². The first-order chi connectivity index (χ1) is 12.1. The van der Waals surface area contributed by atoms with E-state index in [1.807, 2.05) is 0 Å². The Labute approximate surface area is 146 Å². The first-order valence-corrected chi connectivity index (χ1v) is 8.41. The van der Waals surface area contributed by atoms with Gasteiger partial charge in [0.1, 0.15) is 11.9 Å². The van der Waals surface area contributed by atoms with Crippen LogP contribution in [0.1, 0.15) is 31.2 Å². The minimum absolute atomic E-state index is 0.0587. The summed E-state index contributed by atoms with van der Waals surface area (Å²) in [6.45, 7) is 1.28. The Kier molecular flexibility index (Phi) is 5.34. The molecule has 5 nitrogen and oxygen atoms in total. The summed E-state index contributed by atoms with van der Waals surface area (Å²) in [6.07, 6.45) is 7.36. The lowest BCUT2D eigenvalue weighted by molar-refractivity contribution is -0.139. The van der Waals surface area contributed by atoms with Gasteiger partial charge < -0.3 is 14.9 Å². The van der Waals surface area contributed by atoms with Crippen LogP contribution in [0, 0.1) is 23.6 Å². The van der Waals surface area contributed by atoms with E-state index >= 15 is 0 Å². The molecule has 0 unspecified atom stereocenters. The van der Waals surface area contributed by atoms with Crippen molar-refractivity contribution < 1.29 is 18.8 Å². The van der Waals surface area contributed by atoms with E-state index < -0.39 is 5.41 Å². The number of nitrogens with zero attached hydrogens (tertiary/aromatic N) is 1. The summed E-state index contributed by atoms with van der Waals surface area (Å²) in [4.78, 5) is 18.2. The number of carbonyl (C=O) groups is 1. The van der Waals surface area contributed by atoms with Gasteiger partial charge in [-0.05, 0) is 25.0 Å². The lowest BCUT2D eigenvalue weighted by Crippen LogP contribution is -2.46. The van der Waals surface area contributed by atoms with E-state index in [2.05, 4.69) is 16.4 Å². The third-order valence-corrected chi connectivity index (χ3v) is 4.79. The molecule has 0 aliphatic carbocycles. The van der Waals surface area contributed by atoms with Gasteiger partial charge in [-0.25, -0.2) is 4.39 Å². The van der Waals surface area contributed by atoms with Gasteiger partial charge in [0.25, 0.3) is 0 Å². The summed E-state index contributed by atoms with van der Waals surface area (Å²) in [6, 6.07) is 6.28. The summed E-state index contributed by atoms with van der Waals surface area (Å²) in [5.74, 6) is 2.06. The van der Waals surface area contributed by atoms with Gasteiger partial charge in [0.05, 0.1) is 17.7 Å². The Bertz CT molecular complexity index is 705. The Morgan fingerprint density at radius 2 is 2.24 bits per heavy atom. The van der Waals surface area contributed by atoms with Crippen molar-refractivity contribution in [3.8, 4) is 12.3 Å².